The molecule has 3 aromatic carbocycles. The molecule has 0 radical (unpaired) electrons. The molecule has 0 atom stereocenters. The van der Waals surface area contributed by atoms with Gasteiger partial charge < -0.3 is 9.84 Å². The SMILES string of the molecule is Cc1cc(OCC(=O)O)ccc1SCC=C(c1ccccc1F)c1ccccc1F. The van der Waals surface area contributed by atoms with Gasteiger partial charge in [-0.2, -0.15) is 0 Å². The van der Waals surface area contributed by atoms with Crippen LogP contribution in [0.4, 0.5) is 8.78 Å². The van der Waals surface area contributed by atoms with Crippen molar-refractivity contribution < 1.29 is 23.4 Å². The van der Waals surface area contributed by atoms with E-state index in [2.05, 4.69) is 0 Å². The summed E-state index contributed by atoms with van der Waals surface area (Å²) in [5.41, 5.74) is 2.11. The van der Waals surface area contributed by atoms with Gasteiger partial charge in [-0.15, -0.1) is 11.8 Å². The van der Waals surface area contributed by atoms with Gasteiger partial charge in [0.2, 0.25) is 0 Å². The summed E-state index contributed by atoms with van der Waals surface area (Å²) in [6.45, 7) is 1.50. The molecule has 0 saturated heterocycles. The van der Waals surface area contributed by atoms with Gasteiger partial charge in [-0.25, -0.2) is 13.6 Å². The zero-order valence-electron chi connectivity index (χ0n) is 16.3. The van der Waals surface area contributed by atoms with Crippen LogP contribution in [0.3, 0.4) is 0 Å². The van der Waals surface area contributed by atoms with E-state index in [1.165, 1.54) is 23.9 Å². The number of aliphatic carboxylic acids is 1. The Morgan fingerprint density at radius 3 is 2.13 bits per heavy atom. The van der Waals surface area contributed by atoms with Crippen molar-refractivity contribution in [3.63, 3.8) is 0 Å². The van der Waals surface area contributed by atoms with Gasteiger partial charge in [-0.1, -0.05) is 42.5 Å². The number of halogens is 2. The lowest BCUT2D eigenvalue weighted by molar-refractivity contribution is -0.139. The highest BCUT2D eigenvalue weighted by Crippen LogP contribution is 2.31. The van der Waals surface area contributed by atoms with E-state index in [1.807, 2.05) is 19.1 Å². The summed E-state index contributed by atoms with van der Waals surface area (Å²) < 4.78 is 34.0. The number of aryl methyl sites for hydroxylation is 1. The van der Waals surface area contributed by atoms with E-state index in [9.17, 15) is 13.6 Å². The highest BCUT2D eigenvalue weighted by atomic mass is 32.2. The van der Waals surface area contributed by atoms with Crippen molar-refractivity contribution in [2.45, 2.75) is 11.8 Å². The summed E-state index contributed by atoms with van der Waals surface area (Å²) >= 11 is 1.52. The van der Waals surface area contributed by atoms with Crippen molar-refractivity contribution in [1.82, 2.24) is 0 Å². The molecule has 0 fully saturated rings. The van der Waals surface area contributed by atoms with Crippen LogP contribution in [0.2, 0.25) is 0 Å². The second-order valence-electron chi connectivity index (χ2n) is 6.50. The maximum Gasteiger partial charge on any atom is 0.341 e. The van der Waals surface area contributed by atoms with Crippen molar-refractivity contribution in [1.29, 1.82) is 0 Å². The maximum atomic E-state index is 14.4. The molecule has 0 bridgehead atoms. The largest absolute Gasteiger partial charge is 0.482 e. The summed E-state index contributed by atoms with van der Waals surface area (Å²) in [5, 5.41) is 8.70. The third-order valence-corrected chi connectivity index (χ3v) is 5.47. The Kier molecular flexibility index (Phi) is 7.25. The first-order valence-electron chi connectivity index (χ1n) is 9.23. The van der Waals surface area contributed by atoms with Crippen LogP contribution in [0, 0.1) is 18.6 Å². The van der Waals surface area contributed by atoms with Crippen LogP contribution in [0.15, 0.2) is 77.7 Å². The molecule has 6 heteroatoms. The van der Waals surface area contributed by atoms with Crippen LogP contribution < -0.4 is 4.74 Å². The molecule has 1 N–H and O–H groups in total. The summed E-state index contributed by atoms with van der Waals surface area (Å²) in [5.74, 6) is -0.881. The fourth-order valence-corrected chi connectivity index (χ4v) is 3.84. The van der Waals surface area contributed by atoms with Crippen LogP contribution in [0.5, 0.6) is 5.75 Å². The van der Waals surface area contributed by atoms with E-state index >= 15 is 0 Å². The Hall–Kier alpha value is -3.12. The molecule has 0 spiro atoms. The third kappa shape index (κ3) is 5.48. The highest BCUT2D eigenvalue weighted by Gasteiger charge is 2.13. The van der Waals surface area contributed by atoms with Crippen LogP contribution in [-0.2, 0) is 4.79 Å². The predicted molar refractivity (Wildman–Crippen MR) is 115 cm³/mol. The first kappa shape index (κ1) is 21.6. The van der Waals surface area contributed by atoms with E-state index in [0.29, 0.717) is 28.2 Å². The molecule has 3 aromatic rings. The smallest absolute Gasteiger partial charge is 0.341 e. The number of benzene rings is 3. The number of thioether (sulfide) groups is 1. The topological polar surface area (TPSA) is 46.5 Å². The van der Waals surface area contributed by atoms with E-state index in [-0.39, 0.29) is 0 Å². The molecule has 0 aliphatic heterocycles. The minimum atomic E-state index is -1.04. The number of ether oxygens (including phenoxy) is 1. The van der Waals surface area contributed by atoms with Gasteiger partial charge in [-0.3, -0.25) is 0 Å². The maximum absolute atomic E-state index is 14.4. The molecule has 3 rings (SSSR count). The highest BCUT2D eigenvalue weighted by molar-refractivity contribution is 7.99. The summed E-state index contributed by atoms with van der Waals surface area (Å²) in [4.78, 5) is 11.6. The van der Waals surface area contributed by atoms with Crippen LogP contribution in [0.1, 0.15) is 16.7 Å². The van der Waals surface area contributed by atoms with Crippen molar-refractivity contribution in [3.05, 3.63) is 101 Å². The molecule has 3 nitrogen and oxygen atoms in total. The zero-order valence-corrected chi connectivity index (χ0v) is 17.1. The third-order valence-electron chi connectivity index (χ3n) is 4.36. The molecule has 154 valence electrons. The van der Waals surface area contributed by atoms with E-state index < -0.39 is 24.2 Å². The lowest BCUT2D eigenvalue weighted by atomic mass is 9.97. The first-order chi connectivity index (χ1) is 14.5. The standard InChI is InChI=1S/C24H20F2O3S/c1-16-14-17(29-15-24(27)28)10-11-23(16)30-13-12-18(19-6-2-4-8-21(19)25)20-7-3-5-9-22(20)26/h2-12,14H,13,15H2,1H3,(H,27,28). The Morgan fingerprint density at radius 2 is 1.60 bits per heavy atom. The molecular weight excluding hydrogens is 406 g/mol. The van der Waals surface area contributed by atoms with Crippen molar-refractivity contribution in [3.8, 4) is 5.75 Å². The van der Waals surface area contributed by atoms with E-state index in [0.717, 1.165) is 10.5 Å². The Morgan fingerprint density at radius 1 is 1.00 bits per heavy atom. The number of carboxylic acids is 1. The van der Waals surface area contributed by atoms with Gasteiger partial charge in [0.15, 0.2) is 6.61 Å². The summed E-state index contributed by atoms with van der Waals surface area (Å²) in [7, 11) is 0. The Bertz CT molecular complexity index is 1030. The van der Waals surface area contributed by atoms with Gasteiger partial charge in [0.1, 0.15) is 17.4 Å². The molecule has 30 heavy (non-hydrogen) atoms. The van der Waals surface area contributed by atoms with Crippen LogP contribution in [-0.4, -0.2) is 23.4 Å². The second kappa shape index (κ2) is 10.1. The molecule has 0 heterocycles. The van der Waals surface area contributed by atoms with Gasteiger partial charge in [0, 0.05) is 21.8 Å². The Labute approximate surface area is 178 Å². The lowest BCUT2D eigenvalue weighted by Gasteiger charge is -2.12. The summed E-state index contributed by atoms with van der Waals surface area (Å²) in [6.07, 6.45) is 1.82. The molecule has 0 aromatic heterocycles. The quantitative estimate of drug-likeness (QED) is 0.452. The first-order valence-corrected chi connectivity index (χ1v) is 10.2. The minimum Gasteiger partial charge on any atom is -0.482 e. The number of carbonyl (C=O) groups is 1. The Balaban J connectivity index is 1.83. The number of rotatable bonds is 8. The second-order valence-corrected chi connectivity index (χ2v) is 7.56. The molecule has 0 saturated carbocycles. The number of carboxylic acid groups (broad SMARTS) is 1. The normalized spacial score (nSPS) is 10.5. The molecule has 0 amide bonds. The molecular formula is C24H20F2O3S. The lowest BCUT2D eigenvalue weighted by Crippen LogP contribution is -2.09. The fourth-order valence-electron chi connectivity index (χ4n) is 2.96. The van der Waals surface area contributed by atoms with Crippen LogP contribution in [0.25, 0.3) is 5.57 Å². The predicted octanol–water partition coefficient (Wildman–Crippen LogP) is 5.96. The number of hydrogen-bond acceptors (Lipinski definition) is 3. The van der Waals surface area contributed by atoms with E-state index in [4.69, 9.17) is 9.84 Å². The van der Waals surface area contributed by atoms with Crippen molar-refractivity contribution in [2.75, 3.05) is 12.4 Å². The number of hydrogen-bond donors (Lipinski definition) is 1. The van der Waals surface area contributed by atoms with Crippen molar-refractivity contribution >= 4 is 23.3 Å². The minimum absolute atomic E-state index is 0.345. The van der Waals surface area contributed by atoms with Gasteiger partial charge in [0.25, 0.3) is 0 Å². The van der Waals surface area contributed by atoms with Crippen molar-refractivity contribution in [2.24, 2.45) is 0 Å². The molecule has 0 unspecified atom stereocenters. The summed E-state index contributed by atoms with van der Waals surface area (Å²) in [6, 6.07) is 18.0. The molecule has 0 aliphatic carbocycles. The monoisotopic (exact) mass is 426 g/mol. The zero-order chi connectivity index (χ0) is 21.5. The average Bonchev–Trinajstić information content (AvgIpc) is 2.72. The molecule has 0 aliphatic rings. The van der Waals surface area contributed by atoms with Gasteiger partial charge in [0.05, 0.1) is 0 Å². The average molecular weight is 426 g/mol. The van der Waals surface area contributed by atoms with E-state index in [1.54, 1.807) is 48.5 Å². The van der Waals surface area contributed by atoms with Gasteiger partial charge in [-0.05, 0) is 48.4 Å². The van der Waals surface area contributed by atoms with Crippen LogP contribution >= 0.6 is 11.8 Å². The van der Waals surface area contributed by atoms with Gasteiger partial charge >= 0.3 is 5.97 Å². The fraction of sp³-hybridized carbons (Fsp3) is 0.125.